The Hall–Kier alpha value is -1.10. The van der Waals surface area contributed by atoms with Crippen LogP contribution in [0.1, 0.15) is 37.7 Å². The van der Waals surface area contributed by atoms with E-state index >= 15 is 0 Å². The minimum atomic E-state index is 0.0389. The van der Waals surface area contributed by atoms with Crippen molar-refractivity contribution in [3.63, 3.8) is 0 Å². The summed E-state index contributed by atoms with van der Waals surface area (Å²) >= 11 is 0. The van der Waals surface area contributed by atoms with E-state index in [1.54, 1.807) is 0 Å². The number of aliphatic hydroxyl groups is 2. The molecule has 1 aromatic rings. The summed E-state index contributed by atoms with van der Waals surface area (Å²) < 4.78 is 5.63. The molecule has 4 heteroatoms. The van der Waals surface area contributed by atoms with Crippen LogP contribution in [-0.2, 0) is 6.54 Å². The minimum Gasteiger partial charge on any atom is -0.491 e. The van der Waals surface area contributed by atoms with Crippen molar-refractivity contribution in [2.24, 2.45) is 0 Å². The van der Waals surface area contributed by atoms with Gasteiger partial charge in [-0.1, -0.05) is 24.6 Å². The maximum Gasteiger partial charge on any atom is 0.123 e. The molecule has 0 saturated carbocycles. The molecule has 0 aromatic heterocycles. The molecular formula is C17H27NO3. The maximum atomic E-state index is 9.05. The van der Waals surface area contributed by atoms with Crippen molar-refractivity contribution in [1.82, 2.24) is 4.90 Å². The van der Waals surface area contributed by atoms with Gasteiger partial charge in [-0.05, 0) is 38.3 Å². The van der Waals surface area contributed by atoms with Crippen LogP contribution in [0.3, 0.4) is 0 Å². The van der Waals surface area contributed by atoms with Crippen molar-refractivity contribution in [1.29, 1.82) is 0 Å². The largest absolute Gasteiger partial charge is 0.491 e. The van der Waals surface area contributed by atoms with Crippen LogP contribution in [-0.4, -0.2) is 47.5 Å². The number of para-hydroxylation sites is 1. The number of hydrogen-bond donors (Lipinski definition) is 2. The lowest BCUT2D eigenvalue weighted by Gasteiger charge is -2.36. The van der Waals surface area contributed by atoms with Gasteiger partial charge in [-0.25, -0.2) is 0 Å². The summed E-state index contributed by atoms with van der Waals surface area (Å²) in [5.41, 5.74) is 1.18. The van der Waals surface area contributed by atoms with Gasteiger partial charge in [-0.3, -0.25) is 4.90 Å². The van der Waals surface area contributed by atoms with E-state index in [1.807, 2.05) is 18.2 Å². The van der Waals surface area contributed by atoms with Gasteiger partial charge in [-0.15, -0.1) is 0 Å². The second-order valence-electron chi connectivity index (χ2n) is 5.67. The first kappa shape index (κ1) is 16.3. The number of ether oxygens (including phenoxy) is 1. The first-order valence-corrected chi connectivity index (χ1v) is 8.01. The van der Waals surface area contributed by atoms with Crippen LogP contribution in [0.4, 0.5) is 0 Å². The highest BCUT2D eigenvalue weighted by molar-refractivity contribution is 5.33. The average molecular weight is 293 g/mol. The second-order valence-corrected chi connectivity index (χ2v) is 5.67. The van der Waals surface area contributed by atoms with Crippen molar-refractivity contribution < 1.29 is 14.9 Å². The smallest absolute Gasteiger partial charge is 0.123 e. The van der Waals surface area contributed by atoms with Gasteiger partial charge >= 0.3 is 0 Å². The van der Waals surface area contributed by atoms with Gasteiger partial charge < -0.3 is 14.9 Å². The molecule has 4 nitrogen and oxygen atoms in total. The van der Waals surface area contributed by atoms with Crippen LogP contribution in [0, 0.1) is 0 Å². The Balaban J connectivity index is 2.00. The zero-order valence-electron chi connectivity index (χ0n) is 12.7. The Kier molecular flexibility index (Phi) is 7.00. The highest BCUT2D eigenvalue weighted by atomic mass is 16.5. The number of rotatable bonds is 8. The van der Waals surface area contributed by atoms with Crippen LogP contribution < -0.4 is 4.74 Å². The summed E-state index contributed by atoms with van der Waals surface area (Å²) in [6, 6.07) is 8.64. The van der Waals surface area contributed by atoms with Gasteiger partial charge in [0.05, 0.1) is 6.61 Å². The molecule has 1 aliphatic heterocycles. The molecule has 118 valence electrons. The number of likely N-dealkylation sites (tertiary alicyclic amines) is 1. The van der Waals surface area contributed by atoms with Gasteiger partial charge in [0, 0.05) is 24.8 Å². The standard InChI is InChI=1S/C17H27NO3/c19-11-5-8-16-7-3-4-10-18(16)14-15-6-1-2-9-17(15)21-13-12-20/h1-2,6,9,16,19-20H,3-5,7-8,10-14H2. The number of benzene rings is 1. The molecule has 1 heterocycles. The fourth-order valence-electron chi connectivity index (χ4n) is 3.07. The van der Waals surface area contributed by atoms with Crippen molar-refractivity contribution in [2.45, 2.75) is 44.7 Å². The Labute approximate surface area is 127 Å². The van der Waals surface area contributed by atoms with E-state index in [-0.39, 0.29) is 13.2 Å². The van der Waals surface area contributed by atoms with Gasteiger partial charge in [0.2, 0.25) is 0 Å². The number of piperidine rings is 1. The van der Waals surface area contributed by atoms with E-state index in [9.17, 15) is 0 Å². The highest BCUT2D eigenvalue weighted by Gasteiger charge is 2.22. The molecule has 1 fully saturated rings. The molecule has 2 rings (SSSR count). The number of aliphatic hydroxyl groups excluding tert-OH is 2. The molecule has 1 unspecified atom stereocenters. The molecule has 1 aromatic carbocycles. The first-order valence-electron chi connectivity index (χ1n) is 8.01. The van der Waals surface area contributed by atoms with Crippen LogP contribution in [0.5, 0.6) is 5.75 Å². The quantitative estimate of drug-likeness (QED) is 0.771. The second kappa shape index (κ2) is 9.03. The summed E-state index contributed by atoms with van der Waals surface area (Å²) in [6.07, 6.45) is 5.70. The minimum absolute atomic E-state index is 0.0389. The summed E-state index contributed by atoms with van der Waals surface area (Å²) in [4.78, 5) is 2.51. The average Bonchev–Trinajstić information content (AvgIpc) is 2.53. The molecular weight excluding hydrogens is 266 g/mol. The summed E-state index contributed by atoms with van der Waals surface area (Å²) in [5.74, 6) is 0.873. The fraction of sp³-hybridized carbons (Fsp3) is 0.647. The lowest BCUT2D eigenvalue weighted by Crippen LogP contribution is -2.39. The molecule has 2 N–H and O–H groups in total. The highest BCUT2D eigenvalue weighted by Crippen LogP contribution is 2.26. The third-order valence-corrected chi connectivity index (χ3v) is 4.14. The predicted molar refractivity (Wildman–Crippen MR) is 83.4 cm³/mol. The number of nitrogens with zero attached hydrogens (tertiary/aromatic N) is 1. The number of hydrogen-bond acceptors (Lipinski definition) is 4. The molecule has 0 amide bonds. The summed E-state index contributed by atoms with van der Waals surface area (Å²) in [6.45, 7) is 2.66. The molecule has 1 aliphatic rings. The van der Waals surface area contributed by atoms with E-state index in [0.717, 1.165) is 31.7 Å². The van der Waals surface area contributed by atoms with Crippen molar-refractivity contribution in [3.8, 4) is 5.75 Å². The van der Waals surface area contributed by atoms with Gasteiger partial charge in [0.1, 0.15) is 12.4 Å². The first-order chi connectivity index (χ1) is 10.3. The normalized spacial score (nSPS) is 19.6. The predicted octanol–water partition coefficient (Wildman–Crippen LogP) is 2.18. The van der Waals surface area contributed by atoms with Gasteiger partial charge in [-0.2, -0.15) is 0 Å². The molecule has 21 heavy (non-hydrogen) atoms. The van der Waals surface area contributed by atoms with E-state index in [1.165, 1.54) is 24.8 Å². The van der Waals surface area contributed by atoms with Crippen LogP contribution in [0.2, 0.25) is 0 Å². The lowest BCUT2D eigenvalue weighted by atomic mass is 9.97. The van der Waals surface area contributed by atoms with Gasteiger partial charge in [0.25, 0.3) is 0 Å². The molecule has 1 atom stereocenters. The van der Waals surface area contributed by atoms with E-state index in [4.69, 9.17) is 14.9 Å². The molecule has 0 bridgehead atoms. The summed E-state index contributed by atoms with van der Waals surface area (Å²) in [5, 5.41) is 18.0. The van der Waals surface area contributed by atoms with E-state index < -0.39 is 0 Å². The zero-order chi connectivity index (χ0) is 14.9. The third-order valence-electron chi connectivity index (χ3n) is 4.14. The van der Waals surface area contributed by atoms with E-state index in [2.05, 4.69) is 11.0 Å². The molecule has 0 aliphatic carbocycles. The zero-order valence-corrected chi connectivity index (χ0v) is 12.7. The van der Waals surface area contributed by atoms with E-state index in [0.29, 0.717) is 12.6 Å². The third kappa shape index (κ3) is 4.99. The maximum absolute atomic E-state index is 9.05. The Morgan fingerprint density at radius 3 is 2.81 bits per heavy atom. The lowest BCUT2D eigenvalue weighted by molar-refractivity contribution is 0.121. The van der Waals surface area contributed by atoms with Crippen molar-refractivity contribution in [2.75, 3.05) is 26.4 Å². The SMILES string of the molecule is OCCCC1CCCCN1Cc1ccccc1OCCO. The monoisotopic (exact) mass is 293 g/mol. The van der Waals surface area contributed by atoms with Crippen molar-refractivity contribution in [3.05, 3.63) is 29.8 Å². The van der Waals surface area contributed by atoms with Gasteiger partial charge in [0.15, 0.2) is 0 Å². The Bertz CT molecular complexity index is 411. The molecule has 1 saturated heterocycles. The van der Waals surface area contributed by atoms with Crippen LogP contribution >= 0.6 is 0 Å². The fourth-order valence-corrected chi connectivity index (χ4v) is 3.07. The van der Waals surface area contributed by atoms with Crippen LogP contribution in [0.25, 0.3) is 0 Å². The topological polar surface area (TPSA) is 52.9 Å². The Morgan fingerprint density at radius 1 is 1.14 bits per heavy atom. The summed E-state index contributed by atoms with van der Waals surface area (Å²) in [7, 11) is 0. The molecule has 0 spiro atoms. The van der Waals surface area contributed by atoms with Crippen LogP contribution in [0.15, 0.2) is 24.3 Å². The molecule has 0 radical (unpaired) electrons. The Morgan fingerprint density at radius 2 is 2.00 bits per heavy atom. The van der Waals surface area contributed by atoms with Crippen molar-refractivity contribution >= 4 is 0 Å².